The molecule has 0 amide bonds. The van der Waals surface area contributed by atoms with Gasteiger partial charge in [0, 0.05) is 18.0 Å². The number of aromatic nitrogens is 1. The quantitative estimate of drug-likeness (QED) is 0.935. The van der Waals surface area contributed by atoms with Gasteiger partial charge in [-0.1, -0.05) is 29.8 Å². The molecule has 2 nitrogen and oxygen atoms in total. The second kappa shape index (κ2) is 5.48. The zero-order valence-corrected chi connectivity index (χ0v) is 11.2. The summed E-state index contributed by atoms with van der Waals surface area (Å²) in [6.07, 6.45) is -4.20. The Hall–Kier alpha value is -1.11. The number of thiazole rings is 1. The third kappa shape index (κ3) is 3.26. The molecule has 2 rings (SSSR count). The van der Waals surface area contributed by atoms with Crippen molar-refractivity contribution in [1.82, 2.24) is 4.98 Å². The van der Waals surface area contributed by atoms with Crippen molar-refractivity contribution in [2.45, 2.75) is 19.1 Å². The molecule has 0 aliphatic carbocycles. The van der Waals surface area contributed by atoms with E-state index in [9.17, 15) is 13.2 Å². The van der Waals surface area contributed by atoms with Gasteiger partial charge in [-0.3, -0.25) is 0 Å². The van der Waals surface area contributed by atoms with E-state index in [-0.39, 0.29) is 17.8 Å². The van der Waals surface area contributed by atoms with Crippen molar-refractivity contribution in [3.63, 3.8) is 0 Å². The Morgan fingerprint density at radius 2 is 1.95 bits per heavy atom. The topological polar surface area (TPSA) is 38.9 Å². The zero-order valence-electron chi connectivity index (χ0n) is 9.67. The van der Waals surface area contributed by atoms with Gasteiger partial charge in [0.05, 0.1) is 9.88 Å². The van der Waals surface area contributed by atoms with Crippen LogP contribution >= 0.6 is 22.9 Å². The maximum absolute atomic E-state index is 12.7. The molecule has 0 saturated heterocycles. The predicted molar refractivity (Wildman–Crippen MR) is 69.3 cm³/mol. The highest BCUT2D eigenvalue weighted by Crippen LogP contribution is 2.35. The first-order chi connectivity index (χ1) is 8.91. The van der Waals surface area contributed by atoms with Gasteiger partial charge in [0.1, 0.15) is 0 Å². The van der Waals surface area contributed by atoms with Crippen LogP contribution in [0.25, 0.3) is 0 Å². The molecule has 1 aromatic heterocycles. The standard InChI is InChI=1S/C12H10ClF3N2S/c13-8-4-2-1-3-7(8)5-10-18-11(12(14,15)16)9(6-17)19-10/h1-4H,5-6,17H2. The highest BCUT2D eigenvalue weighted by atomic mass is 35.5. The van der Waals surface area contributed by atoms with Gasteiger partial charge in [0.2, 0.25) is 0 Å². The Balaban J connectivity index is 2.32. The van der Waals surface area contributed by atoms with Gasteiger partial charge in [0.25, 0.3) is 0 Å². The van der Waals surface area contributed by atoms with E-state index < -0.39 is 11.9 Å². The Kier molecular flexibility index (Phi) is 4.13. The number of hydrogen-bond donors (Lipinski definition) is 1. The van der Waals surface area contributed by atoms with Crippen LogP contribution in [0.4, 0.5) is 13.2 Å². The number of rotatable bonds is 3. The van der Waals surface area contributed by atoms with Gasteiger partial charge in [-0.25, -0.2) is 4.98 Å². The number of halogens is 4. The second-order valence-electron chi connectivity index (χ2n) is 3.85. The summed E-state index contributed by atoms with van der Waals surface area (Å²) >= 11 is 6.95. The van der Waals surface area contributed by atoms with Crippen molar-refractivity contribution < 1.29 is 13.2 Å². The van der Waals surface area contributed by atoms with Gasteiger partial charge in [0.15, 0.2) is 5.69 Å². The number of nitrogens with two attached hydrogens (primary N) is 1. The van der Waals surface area contributed by atoms with Crippen molar-refractivity contribution in [2.75, 3.05) is 0 Å². The van der Waals surface area contributed by atoms with Crippen LogP contribution in [0.3, 0.4) is 0 Å². The number of alkyl halides is 3. The van der Waals surface area contributed by atoms with Gasteiger partial charge >= 0.3 is 6.18 Å². The predicted octanol–water partition coefficient (Wildman–Crippen LogP) is 3.86. The monoisotopic (exact) mass is 306 g/mol. The lowest BCUT2D eigenvalue weighted by Crippen LogP contribution is -2.10. The van der Waals surface area contributed by atoms with E-state index in [1.54, 1.807) is 24.3 Å². The first kappa shape index (κ1) is 14.3. The van der Waals surface area contributed by atoms with E-state index in [0.29, 0.717) is 10.0 Å². The molecule has 0 spiro atoms. The van der Waals surface area contributed by atoms with Crippen LogP contribution in [-0.4, -0.2) is 4.98 Å². The average molecular weight is 307 g/mol. The van der Waals surface area contributed by atoms with Crippen molar-refractivity contribution in [2.24, 2.45) is 5.73 Å². The van der Waals surface area contributed by atoms with Crippen LogP contribution in [0.2, 0.25) is 5.02 Å². The molecule has 2 aromatic rings. The van der Waals surface area contributed by atoms with Crippen LogP contribution in [-0.2, 0) is 19.1 Å². The normalized spacial score (nSPS) is 11.8. The molecule has 0 fully saturated rings. The summed E-state index contributed by atoms with van der Waals surface area (Å²) in [6.45, 7) is -0.172. The van der Waals surface area contributed by atoms with E-state index in [4.69, 9.17) is 17.3 Å². The zero-order chi connectivity index (χ0) is 14.0. The van der Waals surface area contributed by atoms with Crippen molar-refractivity contribution >= 4 is 22.9 Å². The third-order valence-electron chi connectivity index (χ3n) is 2.50. The summed E-state index contributed by atoms with van der Waals surface area (Å²) in [5.41, 5.74) is 5.19. The van der Waals surface area contributed by atoms with Crippen LogP contribution in [0.5, 0.6) is 0 Å². The highest BCUT2D eigenvalue weighted by Gasteiger charge is 2.36. The minimum atomic E-state index is -4.47. The molecule has 102 valence electrons. The van der Waals surface area contributed by atoms with E-state index in [0.717, 1.165) is 16.9 Å². The number of hydrogen-bond acceptors (Lipinski definition) is 3. The lowest BCUT2D eigenvalue weighted by Gasteiger charge is -2.03. The molecule has 1 heterocycles. The molecule has 0 saturated carbocycles. The molecule has 0 radical (unpaired) electrons. The summed E-state index contributed by atoms with van der Waals surface area (Å²) in [6, 6.07) is 7.00. The fourth-order valence-corrected chi connectivity index (χ4v) is 2.83. The molecular formula is C12H10ClF3N2S. The average Bonchev–Trinajstić information content (AvgIpc) is 2.75. The van der Waals surface area contributed by atoms with Crippen LogP contribution in [0.1, 0.15) is 21.1 Å². The SMILES string of the molecule is NCc1sc(Cc2ccccc2Cl)nc1C(F)(F)F. The Bertz CT molecular complexity index is 581. The molecule has 0 atom stereocenters. The second-order valence-corrected chi connectivity index (χ2v) is 5.42. The summed E-state index contributed by atoms with van der Waals surface area (Å²) in [7, 11) is 0. The molecule has 19 heavy (non-hydrogen) atoms. The summed E-state index contributed by atoms with van der Waals surface area (Å²) in [5.74, 6) is 0. The molecule has 0 unspecified atom stereocenters. The molecule has 0 aliphatic heterocycles. The van der Waals surface area contributed by atoms with E-state index >= 15 is 0 Å². The van der Waals surface area contributed by atoms with Gasteiger partial charge in [-0.15, -0.1) is 11.3 Å². The summed E-state index contributed by atoms with van der Waals surface area (Å²) in [4.78, 5) is 3.69. The van der Waals surface area contributed by atoms with Crippen LogP contribution in [0, 0.1) is 0 Å². The van der Waals surface area contributed by atoms with Gasteiger partial charge in [-0.05, 0) is 11.6 Å². The first-order valence-corrected chi connectivity index (χ1v) is 6.60. The molecule has 7 heteroatoms. The molecular weight excluding hydrogens is 297 g/mol. The van der Waals surface area contributed by atoms with E-state index in [1.807, 2.05) is 0 Å². The Morgan fingerprint density at radius 3 is 2.47 bits per heavy atom. The molecule has 1 aromatic carbocycles. The largest absolute Gasteiger partial charge is 0.434 e. The molecule has 2 N–H and O–H groups in total. The van der Waals surface area contributed by atoms with Gasteiger partial charge < -0.3 is 5.73 Å². The van der Waals surface area contributed by atoms with Crippen LogP contribution < -0.4 is 5.73 Å². The lowest BCUT2D eigenvalue weighted by atomic mass is 10.1. The molecule has 0 bridgehead atoms. The maximum Gasteiger partial charge on any atom is 0.434 e. The van der Waals surface area contributed by atoms with Crippen molar-refractivity contribution in [3.8, 4) is 0 Å². The minimum absolute atomic E-state index is 0.0505. The first-order valence-electron chi connectivity index (χ1n) is 5.41. The summed E-state index contributed by atoms with van der Waals surface area (Å²) in [5, 5.41) is 0.876. The Labute approximate surface area is 117 Å². The van der Waals surface area contributed by atoms with E-state index in [1.165, 1.54) is 0 Å². The lowest BCUT2D eigenvalue weighted by molar-refractivity contribution is -0.141. The van der Waals surface area contributed by atoms with E-state index in [2.05, 4.69) is 4.98 Å². The van der Waals surface area contributed by atoms with Crippen LogP contribution in [0.15, 0.2) is 24.3 Å². The fourth-order valence-electron chi connectivity index (χ4n) is 1.64. The highest BCUT2D eigenvalue weighted by molar-refractivity contribution is 7.11. The minimum Gasteiger partial charge on any atom is -0.326 e. The summed E-state index contributed by atoms with van der Waals surface area (Å²) < 4.78 is 38.2. The molecule has 0 aliphatic rings. The number of nitrogens with zero attached hydrogens (tertiary/aromatic N) is 1. The fraction of sp³-hybridized carbons (Fsp3) is 0.250. The Morgan fingerprint density at radius 1 is 1.26 bits per heavy atom. The number of benzene rings is 1. The maximum atomic E-state index is 12.7. The third-order valence-corrected chi connectivity index (χ3v) is 3.94. The smallest absolute Gasteiger partial charge is 0.326 e. The van der Waals surface area contributed by atoms with Crippen molar-refractivity contribution in [3.05, 3.63) is 50.4 Å². The van der Waals surface area contributed by atoms with Crippen molar-refractivity contribution in [1.29, 1.82) is 0 Å². The van der Waals surface area contributed by atoms with Gasteiger partial charge in [-0.2, -0.15) is 13.2 Å².